The predicted octanol–water partition coefficient (Wildman–Crippen LogP) is 1.39. The molecule has 1 fully saturated rings. The summed E-state index contributed by atoms with van der Waals surface area (Å²) in [7, 11) is -1.58. The maximum atomic E-state index is 13.2. The van der Waals surface area contributed by atoms with Crippen LogP contribution >= 0.6 is 0 Å². The first kappa shape index (κ1) is 19.6. The van der Waals surface area contributed by atoms with Gasteiger partial charge in [-0.1, -0.05) is 42.5 Å². The standard InChI is InChI=1S/C22H24BN3O3/c24-14-15-2-1-3-18(12-15)16-7-10-26(11-8-16)22(27)21-20-13-19(23(28)29)5-4-17(20)6-9-25-21/h1-6,9,12-13,16,28-29H,7-8,10-11,14,24H2. The molecule has 0 atom stereocenters. The monoisotopic (exact) mass is 389 g/mol. The second-order valence-corrected chi connectivity index (χ2v) is 7.53. The first-order valence-electron chi connectivity index (χ1n) is 9.90. The number of aromatic nitrogens is 1. The number of piperidine rings is 1. The molecular formula is C22H24BN3O3. The van der Waals surface area contributed by atoms with Crippen LogP contribution in [0.25, 0.3) is 10.8 Å². The van der Waals surface area contributed by atoms with Crippen molar-refractivity contribution < 1.29 is 14.8 Å². The van der Waals surface area contributed by atoms with E-state index < -0.39 is 7.12 Å². The number of carbonyl (C=O) groups excluding carboxylic acids is 1. The number of benzene rings is 2. The summed E-state index contributed by atoms with van der Waals surface area (Å²) in [4.78, 5) is 19.3. The van der Waals surface area contributed by atoms with Gasteiger partial charge in [0.1, 0.15) is 5.69 Å². The molecule has 1 saturated heterocycles. The average molecular weight is 389 g/mol. The minimum Gasteiger partial charge on any atom is -0.423 e. The number of nitrogens with two attached hydrogens (primary N) is 1. The molecule has 2 heterocycles. The van der Waals surface area contributed by atoms with E-state index in [2.05, 4.69) is 17.1 Å². The Bertz CT molecular complexity index is 1030. The fourth-order valence-electron chi connectivity index (χ4n) is 4.06. The van der Waals surface area contributed by atoms with Crippen LogP contribution in [0, 0.1) is 0 Å². The van der Waals surface area contributed by atoms with Gasteiger partial charge in [-0.05, 0) is 46.8 Å². The van der Waals surface area contributed by atoms with Crippen molar-refractivity contribution in [2.75, 3.05) is 13.1 Å². The summed E-state index contributed by atoms with van der Waals surface area (Å²) < 4.78 is 0. The highest BCUT2D eigenvalue weighted by Crippen LogP contribution is 2.29. The number of pyridine rings is 1. The number of amides is 1. The van der Waals surface area contributed by atoms with Gasteiger partial charge < -0.3 is 20.7 Å². The van der Waals surface area contributed by atoms with Crippen LogP contribution in [0.15, 0.2) is 54.7 Å². The Kier molecular flexibility index (Phi) is 5.62. The molecular weight excluding hydrogens is 365 g/mol. The Morgan fingerprint density at radius 2 is 1.93 bits per heavy atom. The molecule has 29 heavy (non-hydrogen) atoms. The molecule has 2 aromatic carbocycles. The molecule has 0 bridgehead atoms. The summed E-state index contributed by atoms with van der Waals surface area (Å²) in [6, 6.07) is 15.2. The van der Waals surface area contributed by atoms with Crippen LogP contribution < -0.4 is 11.2 Å². The van der Waals surface area contributed by atoms with Crippen molar-refractivity contribution in [1.82, 2.24) is 9.88 Å². The minimum absolute atomic E-state index is 0.116. The van der Waals surface area contributed by atoms with Crippen LogP contribution in [-0.2, 0) is 6.54 Å². The highest BCUT2D eigenvalue weighted by Gasteiger charge is 2.26. The Morgan fingerprint density at radius 1 is 1.14 bits per heavy atom. The summed E-state index contributed by atoms with van der Waals surface area (Å²) in [6.07, 6.45) is 3.41. The molecule has 6 nitrogen and oxygen atoms in total. The number of hydrogen-bond acceptors (Lipinski definition) is 5. The molecule has 7 heteroatoms. The largest absolute Gasteiger partial charge is 0.488 e. The van der Waals surface area contributed by atoms with Crippen molar-refractivity contribution >= 4 is 29.3 Å². The fourth-order valence-corrected chi connectivity index (χ4v) is 4.06. The van der Waals surface area contributed by atoms with Gasteiger partial charge in [-0.2, -0.15) is 0 Å². The zero-order valence-electron chi connectivity index (χ0n) is 16.2. The molecule has 4 rings (SSSR count). The topological polar surface area (TPSA) is 99.7 Å². The van der Waals surface area contributed by atoms with E-state index in [-0.39, 0.29) is 5.91 Å². The molecule has 0 unspecified atom stereocenters. The summed E-state index contributed by atoms with van der Waals surface area (Å²) >= 11 is 0. The Hall–Kier alpha value is -2.74. The highest BCUT2D eigenvalue weighted by molar-refractivity contribution is 6.59. The third-order valence-corrected chi connectivity index (χ3v) is 5.73. The van der Waals surface area contributed by atoms with Crippen molar-refractivity contribution in [3.05, 3.63) is 71.5 Å². The van der Waals surface area contributed by atoms with Gasteiger partial charge in [0.15, 0.2) is 0 Å². The zero-order chi connectivity index (χ0) is 20.4. The molecule has 0 saturated carbocycles. The van der Waals surface area contributed by atoms with E-state index in [1.807, 2.05) is 23.1 Å². The van der Waals surface area contributed by atoms with Crippen LogP contribution in [-0.4, -0.2) is 46.0 Å². The van der Waals surface area contributed by atoms with E-state index in [1.165, 1.54) is 5.56 Å². The lowest BCUT2D eigenvalue weighted by atomic mass is 9.79. The average Bonchev–Trinajstić information content (AvgIpc) is 2.78. The van der Waals surface area contributed by atoms with Gasteiger partial charge in [0.2, 0.25) is 0 Å². The first-order valence-corrected chi connectivity index (χ1v) is 9.90. The summed E-state index contributed by atoms with van der Waals surface area (Å²) in [5.74, 6) is 0.302. The van der Waals surface area contributed by atoms with Gasteiger partial charge in [0.05, 0.1) is 0 Å². The first-order chi connectivity index (χ1) is 14.1. The van der Waals surface area contributed by atoms with Crippen molar-refractivity contribution in [3.8, 4) is 0 Å². The molecule has 1 aliphatic rings. The van der Waals surface area contributed by atoms with E-state index >= 15 is 0 Å². The lowest BCUT2D eigenvalue weighted by Gasteiger charge is -2.32. The van der Waals surface area contributed by atoms with E-state index in [9.17, 15) is 14.8 Å². The zero-order valence-corrected chi connectivity index (χ0v) is 16.2. The highest BCUT2D eigenvalue weighted by atomic mass is 16.4. The Labute approximate surface area is 170 Å². The SMILES string of the molecule is NCc1cccc(C2CCN(C(=O)c3nccc4ccc(B(O)O)cc34)CC2)c1. The Morgan fingerprint density at radius 3 is 2.66 bits per heavy atom. The Balaban J connectivity index is 1.53. The second-order valence-electron chi connectivity index (χ2n) is 7.53. The number of likely N-dealkylation sites (tertiary alicyclic amines) is 1. The number of rotatable bonds is 4. The predicted molar refractivity (Wildman–Crippen MR) is 114 cm³/mol. The number of nitrogens with zero attached hydrogens (tertiary/aromatic N) is 2. The maximum Gasteiger partial charge on any atom is 0.488 e. The van der Waals surface area contributed by atoms with E-state index in [0.29, 0.717) is 42.1 Å². The molecule has 3 aromatic rings. The summed E-state index contributed by atoms with van der Waals surface area (Å²) in [5, 5.41) is 20.4. The van der Waals surface area contributed by atoms with Gasteiger partial charge in [0, 0.05) is 31.2 Å². The molecule has 0 spiro atoms. The molecule has 148 valence electrons. The van der Waals surface area contributed by atoms with Gasteiger partial charge in [-0.3, -0.25) is 9.78 Å². The lowest BCUT2D eigenvalue weighted by Crippen LogP contribution is -2.38. The van der Waals surface area contributed by atoms with E-state index in [1.54, 1.807) is 24.4 Å². The summed E-state index contributed by atoms with van der Waals surface area (Å²) in [6.45, 7) is 1.86. The van der Waals surface area contributed by atoms with Gasteiger partial charge in [-0.25, -0.2) is 0 Å². The van der Waals surface area contributed by atoms with Crippen LogP contribution in [0.2, 0.25) is 0 Å². The van der Waals surface area contributed by atoms with Crippen LogP contribution in [0.4, 0.5) is 0 Å². The van der Waals surface area contributed by atoms with E-state index in [0.717, 1.165) is 23.8 Å². The quantitative estimate of drug-likeness (QED) is 0.586. The van der Waals surface area contributed by atoms with Crippen LogP contribution in [0.1, 0.15) is 40.4 Å². The van der Waals surface area contributed by atoms with Gasteiger partial charge in [0.25, 0.3) is 5.91 Å². The van der Waals surface area contributed by atoms with Crippen molar-refractivity contribution in [2.45, 2.75) is 25.3 Å². The fraction of sp³-hybridized carbons (Fsp3) is 0.273. The number of carbonyl (C=O) groups is 1. The van der Waals surface area contributed by atoms with Crippen LogP contribution in [0.5, 0.6) is 0 Å². The number of fused-ring (bicyclic) bond motifs is 1. The lowest BCUT2D eigenvalue weighted by molar-refractivity contribution is 0.0709. The van der Waals surface area contributed by atoms with Crippen molar-refractivity contribution in [2.24, 2.45) is 5.73 Å². The maximum absolute atomic E-state index is 13.2. The normalized spacial score (nSPS) is 14.9. The molecule has 0 aliphatic carbocycles. The van der Waals surface area contributed by atoms with Crippen molar-refractivity contribution in [3.63, 3.8) is 0 Å². The molecule has 1 amide bonds. The summed E-state index contributed by atoms with van der Waals surface area (Å²) in [5.41, 5.74) is 8.87. The minimum atomic E-state index is -1.58. The third kappa shape index (κ3) is 4.03. The second kappa shape index (κ2) is 8.33. The van der Waals surface area contributed by atoms with E-state index in [4.69, 9.17) is 5.73 Å². The third-order valence-electron chi connectivity index (χ3n) is 5.73. The van der Waals surface area contributed by atoms with Crippen molar-refractivity contribution in [1.29, 1.82) is 0 Å². The van der Waals surface area contributed by atoms with Gasteiger partial charge in [-0.15, -0.1) is 0 Å². The smallest absolute Gasteiger partial charge is 0.423 e. The van der Waals surface area contributed by atoms with Crippen LogP contribution in [0.3, 0.4) is 0 Å². The molecule has 1 aliphatic heterocycles. The van der Waals surface area contributed by atoms with Gasteiger partial charge >= 0.3 is 7.12 Å². The molecule has 1 aromatic heterocycles. The number of hydrogen-bond donors (Lipinski definition) is 3. The molecule has 4 N–H and O–H groups in total. The molecule has 0 radical (unpaired) electrons.